The van der Waals surface area contributed by atoms with E-state index < -0.39 is 15.9 Å². The summed E-state index contributed by atoms with van der Waals surface area (Å²) in [6.07, 6.45) is 0. The molecule has 0 fully saturated rings. The fourth-order valence-electron chi connectivity index (χ4n) is 2.65. The predicted molar refractivity (Wildman–Crippen MR) is 105 cm³/mol. The molecule has 1 heterocycles. The molecule has 1 amide bonds. The highest BCUT2D eigenvalue weighted by Gasteiger charge is 2.17. The highest BCUT2D eigenvalue weighted by molar-refractivity contribution is 7.89. The summed E-state index contributed by atoms with van der Waals surface area (Å²) in [5, 5.41) is 6.39. The molecule has 0 bridgehead atoms. The van der Waals surface area contributed by atoms with E-state index in [0.29, 0.717) is 11.3 Å². The first kappa shape index (κ1) is 19.8. The number of carbonyl (C=O) groups excluding carboxylic acids is 1. The molecule has 0 radical (unpaired) electrons. The molecule has 3 rings (SSSR count). The summed E-state index contributed by atoms with van der Waals surface area (Å²) >= 11 is 0. The average molecular weight is 399 g/mol. The van der Waals surface area contributed by atoms with Gasteiger partial charge in [-0.2, -0.15) is 0 Å². The molecule has 0 aliphatic heterocycles. The van der Waals surface area contributed by atoms with Gasteiger partial charge in [-0.1, -0.05) is 47.6 Å². The van der Waals surface area contributed by atoms with Gasteiger partial charge in [0.1, 0.15) is 0 Å². The summed E-state index contributed by atoms with van der Waals surface area (Å²) < 4.78 is 32.5. The van der Waals surface area contributed by atoms with Crippen LogP contribution in [0.1, 0.15) is 21.6 Å². The van der Waals surface area contributed by atoms with Crippen molar-refractivity contribution >= 4 is 15.9 Å². The molecule has 28 heavy (non-hydrogen) atoms. The first-order valence-corrected chi connectivity index (χ1v) is 10.2. The molecule has 1 aromatic heterocycles. The molecule has 0 aliphatic carbocycles. The lowest BCUT2D eigenvalue weighted by molar-refractivity contribution is 0.0945. The number of hydrogen-bond donors (Lipinski definition) is 2. The third-order valence-corrected chi connectivity index (χ3v) is 5.74. The van der Waals surface area contributed by atoms with E-state index in [0.717, 1.165) is 11.1 Å². The molecule has 0 aliphatic rings. The fraction of sp³-hybridized carbons (Fsp3) is 0.200. The number of nitrogens with one attached hydrogen (secondary N) is 2. The molecule has 3 aromatic rings. The van der Waals surface area contributed by atoms with Crippen LogP contribution >= 0.6 is 0 Å². The molecule has 0 saturated carbocycles. The van der Waals surface area contributed by atoms with Crippen LogP contribution in [0.4, 0.5) is 0 Å². The third-order valence-electron chi connectivity index (χ3n) is 4.14. The molecular weight excluding hydrogens is 378 g/mol. The van der Waals surface area contributed by atoms with Gasteiger partial charge in [0.05, 0.1) is 4.90 Å². The van der Waals surface area contributed by atoms with Crippen LogP contribution in [-0.4, -0.2) is 32.6 Å². The summed E-state index contributed by atoms with van der Waals surface area (Å²) in [5.74, 6) is 0.0539. The van der Waals surface area contributed by atoms with Gasteiger partial charge in [-0.3, -0.25) is 4.79 Å². The van der Waals surface area contributed by atoms with E-state index in [1.165, 1.54) is 0 Å². The zero-order chi connectivity index (χ0) is 20.1. The smallest absolute Gasteiger partial charge is 0.273 e. The predicted octanol–water partition coefficient (Wildman–Crippen LogP) is 2.67. The minimum Gasteiger partial charge on any atom is -0.355 e. The van der Waals surface area contributed by atoms with Crippen molar-refractivity contribution in [1.82, 2.24) is 15.2 Å². The molecule has 0 atom stereocenters. The Labute approximate surface area is 163 Å². The van der Waals surface area contributed by atoms with Crippen LogP contribution in [0.3, 0.4) is 0 Å². The lowest BCUT2D eigenvalue weighted by Crippen LogP contribution is -2.35. The lowest BCUT2D eigenvalue weighted by Gasteiger charge is -2.10. The van der Waals surface area contributed by atoms with Crippen LogP contribution in [0.5, 0.6) is 0 Å². The number of aryl methyl sites for hydroxylation is 2. The lowest BCUT2D eigenvalue weighted by atomic mass is 10.1. The Morgan fingerprint density at radius 1 is 1.04 bits per heavy atom. The first-order chi connectivity index (χ1) is 13.4. The van der Waals surface area contributed by atoms with E-state index >= 15 is 0 Å². The minimum atomic E-state index is -3.64. The minimum absolute atomic E-state index is 0.0604. The van der Waals surface area contributed by atoms with E-state index in [1.807, 2.05) is 43.3 Å². The highest BCUT2D eigenvalue weighted by Crippen LogP contribution is 2.19. The maximum Gasteiger partial charge on any atom is 0.273 e. The topological polar surface area (TPSA) is 101 Å². The molecule has 0 spiro atoms. The quantitative estimate of drug-likeness (QED) is 0.595. The Bertz CT molecular complexity index is 1080. The maximum absolute atomic E-state index is 12.4. The second kappa shape index (κ2) is 8.37. The Balaban J connectivity index is 1.55. The summed E-state index contributed by atoms with van der Waals surface area (Å²) in [4.78, 5) is 12.4. The van der Waals surface area contributed by atoms with Gasteiger partial charge in [-0.15, -0.1) is 0 Å². The van der Waals surface area contributed by atoms with Crippen molar-refractivity contribution in [3.05, 3.63) is 71.4 Å². The van der Waals surface area contributed by atoms with Gasteiger partial charge in [0.2, 0.25) is 10.0 Å². The van der Waals surface area contributed by atoms with Crippen LogP contribution < -0.4 is 10.0 Å². The van der Waals surface area contributed by atoms with Crippen LogP contribution in [0, 0.1) is 13.8 Å². The Kier molecular flexibility index (Phi) is 5.91. The molecular formula is C20H21N3O4S. The first-order valence-electron chi connectivity index (χ1n) is 8.74. The molecule has 2 aromatic carbocycles. The van der Waals surface area contributed by atoms with E-state index in [2.05, 4.69) is 15.2 Å². The second-order valence-electron chi connectivity index (χ2n) is 6.37. The Morgan fingerprint density at radius 2 is 1.79 bits per heavy atom. The standard InChI is InChI=1S/C20H21N3O4S/c1-14-8-9-15(2)19(12-14)28(25,26)22-11-10-21-20(24)17-13-18(27-23-17)16-6-4-3-5-7-16/h3-9,12-13,22H,10-11H2,1-2H3,(H,21,24). The van der Waals surface area contributed by atoms with Gasteiger partial charge >= 0.3 is 0 Å². The molecule has 8 heteroatoms. The zero-order valence-electron chi connectivity index (χ0n) is 15.6. The number of amides is 1. The largest absolute Gasteiger partial charge is 0.355 e. The number of rotatable bonds is 7. The molecule has 0 unspecified atom stereocenters. The van der Waals surface area contributed by atoms with Crippen LogP contribution in [0.15, 0.2) is 64.0 Å². The number of hydrogen-bond acceptors (Lipinski definition) is 5. The van der Waals surface area contributed by atoms with Gasteiger partial charge in [-0.25, -0.2) is 13.1 Å². The van der Waals surface area contributed by atoms with Crippen molar-refractivity contribution in [2.75, 3.05) is 13.1 Å². The number of sulfonamides is 1. The summed E-state index contributed by atoms with van der Waals surface area (Å²) in [7, 11) is -3.64. The van der Waals surface area contributed by atoms with E-state index in [9.17, 15) is 13.2 Å². The number of carbonyl (C=O) groups is 1. The van der Waals surface area contributed by atoms with Gasteiger partial charge in [0, 0.05) is 24.7 Å². The van der Waals surface area contributed by atoms with E-state index in [1.54, 1.807) is 25.1 Å². The third kappa shape index (κ3) is 4.65. The van der Waals surface area contributed by atoms with Crippen molar-refractivity contribution in [1.29, 1.82) is 0 Å². The van der Waals surface area contributed by atoms with Gasteiger partial charge in [0.15, 0.2) is 11.5 Å². The SMILES string of the molecule is Cc1ccc(C)c(S(=O)(=O)NCCNC(=O)c2cc(-c3ccccc3)on2)c1. The van der Waals surface area contributed by atoms with Crippen molar-refractivity contribution < 1.29 is 17.7 Å². The average Bonchev–Trinajstić information content (AvgIpc) is 3.18. The fourth-order valence-corrected chi connectivity index (χ4v) is 4.01. The van der Waals surface area contributed by atoms with Gasteiger partial charge < -0.3 is 9.84 Å². The van der Waals surface area contributed by atoms with Crippen LogP contribution in [0.2, 0.25) is 0 Å². The van der Waals surface area contributed by atoms with E-state index in [4.69, 9.17) is 4.52 Å². The molecule has 2 N–H and O–H groups in total. The van der Waals surface area contributed by atoms with Gasteiger partial charge in [-0.05, 0) is 31.0 Å². The second-order valence-corrected chi connectivity index (χ2v) is 8.10. The van der Waals surface area contributed by atoms with Crippen LogP contribution in [-0.2, 0) is 10.0 Å². The summed E-state index contributed by atoms with van der Waals surface area (Å²) in [6, 6.07) is 16.1. The zero-order valence-corrected chi connectivity index (χ0v) is 16.4. The number of nitrogens with zero attached hydrogens (tertiary/aromatic N) is 1. The van der Waals surface area contributed by atoms with Gasteiger partial charge in [0.25, 0.3) is 5.91 Å². The molecule has 146 valence electrons. The summed E-state index contributed by atoms with van der Waals surface area (Å²) in [5.41, 5.74) is 2.48. The molecule has 7 nitrogen and oxygen atoms in total. The molecule has 0 saturated heterocycles. The number of benzene rings is 2. The van der Waals surface area contributed by atoms with Crippen LogP contribution in [0.25, 0.3) is 11.3 Å². The van der Waals surface area contributed by atoms with E-state index in [-0.39, 0.29) is 23.7 Å². The normalized spacial score (nSPS) is 11.4. The summed E-state index contributed by atoms with van der Waals surface area (Å²) in [6.45, 7) is 3.76. The Morgan fingerprint density at radius 3 is 2.54 bits per heavy atom. The van der Waals surface area contributed by atoms with Crippen molar-refractivity contribution in [2.24, 2.45) is 0 Å². The highest BCUT2D eigenvalue weighted by atomic mass is 32.2. The van der Waals surface area contributed by atoms with Crippen molar-refractivity contribution in [3.8, 4) is 11.3 Å². The van der Waals surface area contributed by atoms with Crippen molar-refractivity contribution in [3.63, 3.8) is 0 Å². The number of aromatic nitrogens is 1. The monoisotopic (exact) mass is 399 g/mol. The van der Waals surface area contributed by atoms with Crippen molar-refractivity contribution in [2.45, 2.75) is 18.7 Å². The maximum atomic E-state index is 12.4. The Hall–Kier alpha value is -2.97.